The Hall–Kier alpha value is -3.35. The molecule has 0 aliphatic rings. The van der Waals surface area contributed by atoms with Gasteiger partial charge in [0.1, 0.15) is 22.5 Å². The van der Waals surface area contributed by atoms with E-state index in [1.54, 1.807) is 0 Å². The van der Waals surface area contributed by atoms with Crippen molar-refractivity contribution in [2.75, 3.05) is 0 Å². The van der Waals surface area contributed by atoms with Gasteiger partial charge in [0.15, 0.2) is 0 Å². The van der Waals surface area contributed by atoms with E-state index in [9.17, 15) is 18.3 Å². The third-order valence-electron chi connectivity index (χ3n) is 7.31. The number of aryl methyl sites for hydroxylation is 1. The summed E-state index contributed by atoms with van der Waals surface area (Å²) in [6.07, 6.45) is 4.71. The molecule has 202 valence electrons. The molecule has 38 heavy (non-hydrogen) atoms. The monoisotopic (exact) mass is 523 g/mol. The molecule has 4 nitrogen and oxygen atoms in total. The Kier molecular flexibility index (Phi) is 8.44. The van der Waals surface area contributed by atoms with Gasteiger partial charge in [-0.1, -0.05) is 95.7 Å². The molecule has 0 spiro atoms. The van der Waals surface area contributed by atoms with Gasteiger partial charge in [-0.3, -0.25) is 0 Å². The lowest BCUT2D eigenvalue weighted by atomic mass is 9.76. The second-order valence-electron chi connectivity index (χ2n) is 10.6. The van der Waals surface area contributed by atoms with E-state index in [1.807, 2.05) is 42.5 Å². The first kappa shape index (κ1) is 27.7. The van der Waals surface area contributed by atoms with Gasteiger partial charge in [-0.15, -0.1) is 15.0 Å². The molecule has 7 heteroatoms. The molecule has 0 amide bonds. The van der Waals surface area contributed by atoms with Crippen LogP contribution in [0.3, 0.4) is 0 Å². The third kappa shape index (κ3) is 6.20. The minimum atomic E-state index is -4.47. The van der Waals surface area contributed by atoms with Crippen molar-refractivity contribution in [3.8, 4) is 11.4 Å². The van der Waals surface area contributed by atoms with Crippen LogP contribution in [0, 0.1) is 0 Å². The van der Waals surface area contributed by atoms with Crippen molar-refractivity contribution in [1.29, 1.82) is 0 Å². The van der Waals surface area contributed by atoms with Gasteiger partial charge in [0.2, 0.25) is 0 Å². The summed E-state index contributed by atoms with van der Waals surface area (Å²) in [4.78, 5) is 1.26. The number of phenolic OH excluding ortho intramolecular Hbond substituents is 1. The maximum atomic E-state index is 13.2. The number of aromatic nitrogens is 3. The van der Waals surface area contributed by atoms with Crippen molar-refractivity contribution in [3.63, 3.8) is 0 Å². The molecular formula is C31H36F3N3O. The first-order valence-electron chi connectivity index (χ1n) is 13.5. The molecule has 3 aromatic carbocycles. The number of hydrogen-bond acceptors (Lipinski definition) is 3. The lowest BCUT2D eigenvalue weighted by molar-refractivity contribution is -0.137. The number of rotatable bonds is 11. The van der Waals surface area contributed by atoms with Gasteiger partial charge in [-0.25, -0.2) is 0 Å². The van der Waals surface area contributed by atoms with Gasteiger partial charge in [-0.2, -0.15) is 13.2 Å². The molecule has 0 saturated carbocycles. The average Bonchev–Trinajstić information content (AvgIpc) is 3.32. The highest BCUT2D eigenvalue weighted by Gasteiger charge is 2.32. The SMILES string of the molecule is CCCCCCCCCc1cc(-n2nc3ccc(C(F)(F)F)cc3n2)c(O)c(C(C)(C)c2ccccc2)c1. The van der Waals surface area contributed by atoms with E-state index in [2.05, 4.69) is 31.0 Å². The number of aromatic hydroxyl groups is 1. The Morgan fingerprint density at radius 3 is 2.11 bits per heavy atom. The lowest BCUT2D eigenvalue weighted by Gasteiger charge is -2.28. The third-order valence-corrected chi connectivity index (χ3v) is 7.31. The van der Waals surface area contributed by atoms with Crippen molar-refractivity contribution in [2.45, 2.75) is 83.7 Å². The zero-order valence-corrected chi connectivity index (χ0v) is 22.4. The molecule has 0 radical (unpaired) electrons. The van der Waals surface area contributed by atoms with Gasteiger partial charge in [0.25, 0.3) is 0 Å². The molecular weight excluding hydrogens is 487 g/mol. The summed E-state index contributed by atoms with van der Waals surface area (Å²) < 4.78 is 39.7. The molecule has 4 rings (SSSR count). The minimum Gasteiger partial charge on any atom is -0.505 e. The van der Waals surface area contributed by atoms with E-state index < -0.39 is 17.2 Å². The summed E-state index contributed by atoms with van der Waals surface area (Å²) >= 11 is 0. The van der Waals surface area contributed by atoms with Gasteiger partial charge in [0.05, 0.1) is 5.56 Å². The van der Waals surface area contributed by atoms with Crippen LogP contribution in [0.25, 0.3) is 16.7 Å². The topological polar surface area (TPSA) is 50.9 Å². The number of halogens is 3. The normalized spacial score (nSPS) is 12.4. The van der Waals surface area contributed by atoms with Crippen LogP contribution in [-0.2, 0) is 18.0 Å². The van der Waals surface area contributed by atoms with E-state index in [0.29, 0.717) is 11.2 Å². The largest absolute Gasteiger partial charge is 0.505 e. The molecule has 1 N–H and O–H groups in total. The number of nitrogens with zero attached hydrogens (tertiary/aromatic N) is 3. The maximum absolute atomic E-state index is 13.2. The van der Waals surface area contributed by atoms with Crippen molar-refractivity contribution >= 4 is 11.0 Å². The van der Waals surface area contributed by atoms with Crippen molar-refractivity contribution in [2.24, 2.45) is 0 Å². The summed E-state index contributed by atoms with van der Waals surface area (Å²) in [6.45, 7) is 6.33. The maximum Gasteiger partial charge on any atom is 0.416 e. The lowest BCUT2D eigenvalue weighted by Crippen LogP contribution is -2.20. The Bertz CT molecular complexity index is 1360. The minimum absolute atomic E-state index is 0.0264. The van der Waals surface area contributed by atoms with Crippen LogP contribution >= 0.6 is 0 Å². The predicted molar refractivity (Wildman–Crippen MR) is 146 cm³/mol. The summed E-state index contributed by atoms with van der Waals surface area (Å²) in [6, 6.07) is 17.2. The fraction of sp³-hybridized carbons (Fsp3) is 0.419. The van der Waals surface area contributed by atoms with E-state index in [1.165, 1.54) is 43.0 Å². The van der Waals surface area contributed by atoms with Gasteiger partial charge >= 0.3 is 6.18 Å². The molecule has 0 aliphatic carbocycles. The Labute approximate surface area is 222 Å². The number of benzene rings is 3. The highest BCUT2D eigenvalue weighted by atomic mass is 19.4. The quantitative estimate of drug-likeness (QED) is 0.200. The van der Waals surface area contributed by atoms with Crippen molar-refractivity contribution in [1.82, 2.24) is 15.0 Å². The van der Waals surface area contributed by atoms with Crippen LogP contribution in [0.2, 0.25) is 0 Å². The average molecular weight is 524 g/mol. The molecule has 0 aliphatic heterocycles. The molecule has 0 unspecified atom stereocenters. The second kappa shape index (κ2) is 11.6. The second-order valence-corrected chi connectivity index (χ2v) is 10.6. The summed E-state index contributed by atoms with van der Waals surface area (Å²) in [7, 11) is 0. The molecule has 0 bridgehead atoms. The van der Waals surface area contributed by atoms with Crippen LogP contribution in [0.5, 0.6) is 5.75 Å². The highest BCUT2D eigenvalue weighted by Crippen LogP contribution is 2.41. The molecule has 0 fully saturated rings. The van der Waals surface area contributed by atoms with Crippen LogP contribution in [-0.4, -0.2) is 20.1 Å². The van der Waals surface area contributed by atoms with Crippen LogP contribution < -0.4 is 0 Å². The fourth-order valence-electron chi connectivity index (χ4n) is 4.95. The Morgan fingerprint density at radius 2 is 1.42 bits per heavy atom. The molecule has 0 saturated heterocycles. The molecule has 4 aromatic rings. The number of phenols is 1. The Balaban J connectivity index is 1.71. The summed E-state index contributed by atoms with van der Waals surface area (Å²) in [5, 5.41) is 20.2. The number of fused-ring (bicyclic) bond motifs is 1. The zero-order valence-electron chi connectivity index (χ0n) is 22.4. The van der Waals surface area contributed by atoms with E-state index in [-0.39, 0.29) is 11.3 Å². The van der Waals surface area contributed by atoms with Crippen molar-refractivity contribution in [3.05, 3.63) is 82.9 Å². The number of hydrogen-bond donors (Lipinski definition) is 1. The predicted octanol–water partition coefficient (Wildman–Crippen LogP) is 8.76. The number of unbranched alkanes of at least 4 members (excludes halogenated alkanes) is 6. The first-order valence-corrected chi connectivity index (χ1v) is 13.5. The van der Waals surface area contributed by atoms with E-state index in [0.717, 1.165) is 48.1 Å². The van der Waals surface area contributed by atoms with Crippen LogP contribution in [0.1, 0.15) is 88.0 Å². The number of alkyl halides is 3. The van der Waals surface area contributed by atoms with Crippen molar-refractivity contribution < 1.29 is 18.3 Å². The Morgan fingerprint density at radius 1 is 0.763 bits per heavy atom. The molecule has 1 heterocycles. The molecule has 0 atom stereocenters. The van der Waals surface area contributed by atoms with E-state index >= 15 is 0 Å². The molecule has 1 aromatic heterocycles. The van der Waals surface area contributed by atoms with Gasteiger partial charge < -0.3 is 5.11 Å². The summed E-state index contributed by atoms with van der Waals surface area (Å²) in [5.41, 5.74) is 2.35. The van der Waals surface area contributed by atoms with Gasteiger partial charge in [0, 0.05) is 11.0 Å². The zero-order chi connectivity index (χ0) is 27.3. The smallest absolute Gasteiger partial charge is 0.416 e. The van der Waals surface area contributed by atoms with Gasteiger partial charge in [-0.05, 0) is 48.2 Å². The van der Waals surface area contributed by atoms with Crippen LogP contribution in [0.15, 0.2) is 60.7 Å². The summed E-state index contributed by atoms with van der Waals surface area (Å²) in [5.74, 6) is 0.0264. The highest BCUT2D eigenvalue weighted by molar-refractivity contribution is 5.75. The fourth-order valence-corrected chi connectivity index (χ4v) is 4.95. The van der Waals surface area contributed by atoms with E-state index in [4.69, 9.17) is 0 Å². The standard InChI is InChI=1S/C31H36F3N3O/c1-4-5-6-7-8-9-11-14-22-19-25(30(2,3)23-15-12-10-13-16-23)29(38)28(20-22)37-35-26-18-17-24(31(32,33)34)21-27(26)36-37/h10,12-13,15-21,38H,4-9,11,14H2,1-3H3. The van der Waals surface area contributed by atoms with Crippen LogP contribution in [0.4, 0.5) is 13.2 Å². The first-order chi connectivity index (χ1) is 18.1.